The number of hydrogen-bond acceptors (Lipinski definition) is 2. The van der Waals surface area contributed by atoms with Gasteiger partial charge in [0.25, 0.3) is 0 Å². The Bertz CT molecular complexity index is 445. The van der Waals surface area contributed by atoms with Gasteiger partial charge in [0.05, 0.1) is 0 Å². The number of nitrogens with one attached hydrogen (secondary N) is 1. The van der Waals surface area contributed by atoms with Crippen molar-refractivity contribution < 1.29 is 0 Å². The van der Waals surface area contributed by atoms with Crippen LogP contribution in [0.3, 0.4) is 0 Å². The Morgan fingerprint density at radius 3 is 2.65 bits per heavy atom. The molecule has 0 spiro atoms. The van der Waals surface area contributed by atoms with E-state index in [1.807, 2.05) is 0 Å². The van der Waals surface area contributed by atoms with Crippen LogP contribution < -0.4 is 5.32 Å². The van der Waals surface area contributed by atoms with Crippen molar-refractivity contribution in [2.45, 2.75) is 64.6 Å². The van der Waals surface area contributed by atoms with Gasteiger partial charge in [-0.05, 0) is 57.2 Å². The van der Waals surface area contributed by atoms with E-state index in [4.69, 9.17) is 0 Å². The van der Waals surface area contributed by atoms with Crippen LogP contribution in [0.15, 0.2) is 18.2 Å². The van der Waals surface area contributed by atoms with Crippen molar-refractivity contribution in [3.63, 3.8) is 0 Å². The number of nitrogens with zero attached hydrogens (tertiary/aromatic N) is 1. The lowest BCUT2D eigenvalue weighted by atomic mass is 10.0. The van der Waals surface area contributed by atoms with Crippen molar-refractivity contribution in [2.75, 3.05) is 13.1 Å². The molecule has 2 nitrogen and oxygen atoms in total. The fourth-order valence-corrected chi connectivity index (χ4v) is 3.39. The molecule has 1 saturated heterocycles. The van der Waals surface area contributed by atoms with E-state index in [0.29, 0.717) is 0 Å². The van der Waals surface area contributed by atoms with E-state index in [1.54, 1.807) is 0 Å². The highest BCUT2D eigenvalue weighted by molar-refractivity contribution is 5.30. The smallest absolute Gasteiger partial charge is 0.0239 e. The molecular formula is C18H28N2. The minimum atomic E-state index is 0.718. The first kappa shape index (κ1) is 14.1. The zero-order valence-corrected chi connectivity index (χ0v) is 13.0. The molecule has 3 rings (SSSR count). The zero-order chi connectivity index (χ0) is 13.9. The second-order valence-corrected chi connectivity index (χ2v) is 6.74. The van der Waals surface area contributed by atoms with Gasteiger partial charge in [0, 0.05) is 25.2 Å². The molecule has 2 aliphatic rings. The second-order valence-electron chi connectivity index (χ2n) is 6.74. The molecule has 2 heteroatoms. The third-order valence-corrected chi connectivity index (χ3v) is 4.80. The molecule has 1 aromatic rings. The van der Waals surface area contributed by atoms with Crippen molar-refractivity contribution >= 4 is 0 Å². The van der Waals surface area contributed by atoms with Crippen molar-refractivity contribution in [1.82, 2.24) is 10.2 Å². The number of piperidine rings is 1. The molecule has 1 aliphatic heterocycles. The van der Waals surface area contributed by atoms with Crippen LogP contribution in [-0.4, -0.2) is 30.1 Å². The summed E-state index contributed by atoms with van der Waals surface area (Å²) in [5.41, 5.74) is 4.34. The van der Waals surface area contributed by atoms with Crippen molar-refractivity contribution in [3.05, 3.63) is 34.9 Å². The lowest BCUT2D eigenvalue weighted by Crippen LogP contribution is -2.44. The molecule has 0 bridgehead atoms. The van der Waals surface area contributed by atoms with Crippen LogP contribution in [-0.2, 0) is 6.54 Å². The molecule has 20 heavy (non-hydrogen) atoms. The van der Waals surface area contributed by atoms with E-state index in [9.17, 15) is 0 Å². The lowest BCUT2D eigenvalue weighted by Gasteiger charge is -2.31. The van der Waals surface area contributed by atoms with Gasteiger partial charge in [0.1, 0.15) is 0 Å². The van der Waals surface area contributed by atoms with Crippen LogP contribution in [0.5, 0.6) is 0 Å². The standard InChI is InChI=1S/C18H28N2/c1-14-6-7-16(15(2)11-14)12-20(18-8-9-18)13-17-5-3-4-10-19-17/h6-7,11,17-19H,3-5,8-10,12-13H2,1-2H3. The van der Waals surface area contributed by atoms with Crippen LogP contribution in [0.25, 0.3) is 0 Å². The highest BCUT2D eigenvalue weighted by Gasteiger charge is 2.31. The number of benzene rings is 1. The maximum Gasteiger partial charge on any atom is 0.0239 e. The predicted molar refractivity (Wildman–Crippen MR) is 85.0 cm³/mol. The quantitative estimate of drug-likeness (QED) is 0.883. The SMILES string of the molecule is Cc1ccc(CN(CC2CCCCN2)C2CC2)c(C)c1. The van der Waals surface area contributed by atoms with Gasteiger partial charge < -0.3 is 5.32 Å². The maximum atomic E-state index is 3.70. The fourth-order valence-electron chi connectivity index (χ4n) is 3.39. The number of rotatable bonds is 5. The molecule has 1 heterocycles. The molecule has 0 aromatic heterocycles. The molecule has 1 aliphatic carbocycles. The highest BCUT2D eigenvalue weighted by atomic mass is 15.2. The van der Waals surface area contributed by atoms with Crippen LogP contribution in [0, 0.1) is 13.8 Å². The van der Waals surface area contributed by atoms with Gasteiger partial charge in [-0.15, -0.1) is 0 Å². The summed E-state index contributed by atoms with van der Waals surface area (Å²) in [7, 11) is 0. The van der Waals surface area contributed by atoms with Crippen LogP contribution in [0.2, 0.25) is 0 Å². The summed E-state index contributed by atoms with van der Waals surface area (Å²) in [5, 5.41) is 3.70. The summed E-state index contributed by atoms with van der Waals surface area (Å²) >= 11 is 0. The van der Waals surface area contributed by atoms with Gasteiger partial charge >= 0.3 is 0 Å². The average molecular weight is 272 g/mol. The van der Waals surface area contributed by atoms with Gasteiger partial charge in [-0.1, -0.05) is 30.2 Å². The summed E-state index contributed by atoms with van der Waals surface area (Å²) in [5.74, 6) is 0. The number of aryl methyl sites for hydroxylation is 2. The van der Waals surface area contributed by atoms with Gasteiger partial charge in [-0.2, -0.15) is 0 Å². The van der Waals surface area contributed by atoms with Crippen LogP contribution in [0.4, 0.5) is 0 Å². The number of hydrogen-bond donors (Lipinski definition) is 1. The largest absolute Gasteiger partial charge is 0.313 e. The molecule has 1 saturated carbocycles. The molecule has 2 fully saturated rings. The van der Waals surface area contributed by atoms with E-state index in [2.05, 4.69) is 42.3 Å². The first-order valence-corrected chi connectivity index (χ1v) is 8.26. The van der Waals surface area contributed by atoms with Gasteiger partial charge in [-0.25, -0.2) is 0 Å². The van der Waals surface area contributed by atoms with Crippen LogP contribution >= 0.6 is 0 Å². The topological polar surface area (TPSA) is 15.3 Å². The molecule has 110 valence electrons. The maximum absolute atomic E-state index is 3.70. The van der Waals surface area contributed by atoms with Crippen LogP contribution in [0.1, 0.15) is 48.8 Å². The molecule has 0 amide bonds. The Labute approximate surface area is 123 Å². The average Bonchev–Trinajstić information content (AvgIpc) is 3.26. The Morgan fingerprint density at radius 1 is 1.15 bits per heavy atom. The third-order valence-electron chi connectivity index (χ3n) is 4.80. The fraction of sp³-hybridized carbons (Fsp3) is 0.667. The normalized spacial score (nSPS) is 23.2. The Kier molecular flexibility index (Phi) is 4.42. The van der Waals surface area contributed by atoms with Gasteiger partial charge in [0.15, 0.2) is 0 Å². The summed E-state index contributed by atoms with van der Waals surface area (Å²) in [6.07, 6.45) is 6.92. The molecule has 1 atom stereocenters. The van der Waals surface area contributed by atoms with E-state index < -0.39 is 0 Å². The summed E-state index contributed by atoms with van der Waals surface area (Å²) in [6.45, 7) is 8.02. The first-order valence-electron chi connectivity index (χ1n) is 8.26. The van der Waals surface area contributed by atoms with E-state index in [0.717, 1.165) is 18.6 Å². The highest BCUT2D eigenvalue weighted by Crippen LogP contribution is 2.29. The lowest BCUT2D eigenvalue weighted by molar-refractivity contribution is 0.208. The Balaban J connectivity index is 1.64. The van der Waals surface area contributed by atoms with Crippen molar-refractivity contribution in [2.24, 2.45) is 0 Å². The van der Waals surface area contributed by atoms with Crippen molar-refractivity contribution in [1.29, 1.82) is 0 Å². The summed E-state index contributed by atoms with van der Waals surface area (Å²) in [4.78, 5) is 2.72. The predicted octanol–water partition coefficient (Wildman–Crippen LogP) is 3.41. The monoisotopic (exact) mass is 272 g/mol. The minimum Gasteiger partial charge on any atom is -0.313 e. The minimum absolute atomic E-state index is 0.718. The Hall–Kier alpha value is -0.860. The zero-order valence-electron chi connectivity index (χ0n) is 13.0. The van der Waals surface area contributed by atoms with Gasteiger partial charge in [0.2, 0.25) is 0 Å². The van der Waals surface area contributed by atoms with E-state index in [1.165, 1.54) is 61.9 Å². The molecule has 1 aromatic carbocycles. The molecular weight excluding hydrogens is 244 g/mol. The summed E-state index contributed by atoms with van der Waals surface area (Å²) in [6, 6.07) is 8.47. The molecule has 1 unspecified atom stereocenters. The Morgan fingerprint density at radius 2 is 2.00 bits per heavy atom. The summed E-state index contributed by atoms with van der Waals surface area (Å²) < 4.78 is 0. The first-order chi connectivity index (χ1) is 9.72. The van der Waals surface area contributed by atoms with E-state index in [-0.39, 0.29) is 0 Å². The third kappa shape index (κ3) is 3.62. The second kappa shape index (κ2) is 6.28. The molecule has 1 N–H and O–H groups in total. The van der Waals surface area contributed by atoms with E-state index >= 15 is 0 Å². The van der Waals surface area contributed by atoms with Gasteiger partial charge in [-0.3, -0.25) is 4.90 Å². The van der Waals surface area contributed by atoms with Crippen molar-refractivity contribution in [3.8, 4) is 0 Å². The molecule has 0 radical (unpaired) electrons.